The lowest BCUT2D eigenvalue weighted by molar-refractivity contribution is -0.383. The Bertz CT molecular complexity index is 448. The number of aromatic nitrogens is 2. The molecule has 1 rings (SSSR count). The highest BCUT2D eigenvalue weighted by Crippen LogP contribution is 2.34. The molecule has 0 aliphatic carbocycles. The van der Waals surface area contributed by atoms with E-state index >= 15 is 0 Å². The first-order valence-corrected chi connectivity index (χ1v) is 5.55. The highest BCUT2D eigenvalue weighted by molar-refractivity contribution is 5.70. The van der Waals surface area contributed by atoms with Crippen LogP contribution in [0.25, 0.3) is 0 Å². The van der Waals surface area contributed by atoms with E-state index in [1.807, 2.05) is 20.8 Å². The monoisotopic (exact) mass is 254 g/mol. The second kappa shape index (κ2) is 5.13. The van der Waals surface area contributed by atoms with Crippen LogP contribution in [0, 0.1) is 10.1 Å². The average Bonchev–Trinajstić information content (AvgIpc) is 2.36. The van der Waals surface area contributed by atoms with Crippen LogP contribution in [0.4, 0.5) is 17.3 Å². The first kappa shape index (κ1) is 14.1. The number of nitrogens with one attached hydrogen (secondary N) is 1. The minimum atomic E-state index is -0.535. The standard InChI is InChI=1S/C10H18N6O2/c1-5-10(2,3)15(4)9-7(16(17)18)8(14-11)12-6-13-9/h6H,5,11H2,1-4H3,(H,12,13,14). The topological polar surface area (TPSA) is 110 Å². The molecule has 100 valence electrons. The van der Waals surface area contributed by atoms with Gasteiger partial charge in [0, 0.05) is 12.6 Å². The lowest BCUT2D eigenvalue weighted by atomic mass is 10.00. The number of hydrogen-bond donors (Lipinski definition) is 2. The molecule has 3 N–H and O–H groups in total. The fraction of sp³-hybridized carbons (Fsp3) is 0.600. The van der Waals surface area contributed by atoms with E-state index in [0.717, 1.165) is 6.42 Å². The van der Waals surface area contributed by atoms with Crippen LogP contribution in [0.15, 0.2) is 6.33 Å². The molecule has 8 nitrogen and oxygen atoms in total. The summed E-state index contributed by atoms with van der Waals surface area (Å²) in [6.07, 6.45) is 2.07. The van der Waals surface area contributed by atoms with Crippen LogP contribution in [-0.2, 0) is 0 Å². The smallest absolute Gasteiger partial charge is 0.349 e. The fourth-order valence-corrected chi connectivity index (χ4v) is 1.41. The van der Waals surface area contributed by atoms with Gasteiger partial charge in [0.25, 0.3) is 0 Å². The summed E-state index contributed by atoms with van der Waals surface area (Å²) in [4.78, 5) is 20.1. The van der Waals surface area contributed by atoms with E-state index in [1.54, 1.807) is 11.9 Å². The summed E-state index contributed by atoms with van der Waals surface area (Å²) < 4.78 is 0. The Kier molecular flexibility index (Phi) is 4.02. The minimum Gasteiger partial charge on any atom is -0.349 e. The van der Waals surface area contributed by atoms with Crippen molar-refractivity contribution in [1.82, 2.24) is 9.97 Å². The molecule has 0 saturated heterocycles. The number of rotatable bonds is 5. The van der Waals surface area contributed by atoms with Crippen molar-refractivity contribution in [2.24, 2.45) is 5.84 Å². The van der Waals surface area contributed by atoms with E-state index in [9.17, 15) is 10.1 Å². The summed E-state index contributed by atoms with van der Waals surface area (Å²) in [7, 11) is 1.76. The third kappa shape index (κ3) is 2.48. The van der Waals surface area contributed by atoms with Crippen LogP contribution in [0.2, 0.25) is 0 Å². The van der Waals surface area contributed by atoms with Gasteiger partial charge < -0.3 is 10.3 Å². The highest BCUT2D eigenvalue weighted by Gasteiger charge is 2.31. The van der Waals surface area contributed by atoms with Gasteiger partial charge in [0.1, 0.15) is 6.33 Å². The molecule has 0 unspecified atom stereocenters. The van der Waals surface area contributed by atoms with Gasteiger partial charge in [0.2, 0.25) is 11.6 Å². The van der Waals surface area contributed by atoms with Crippen molar-refractivity contribution >= 4 is 17.3 Å². The molecule has 0 radical (unpaired) electrons. The number of nitrogens with two attached hydrogens (primary N) is 1. The van der Waals surface area contributed by atoms with Gasteiger partial charge in [0.05, 0.1) is 4.92 Å². The molecule has 0 saturated carbocycles. The number of anilines is 2. The molecule has 0 amide bonds. The second-order valence-corrected chi connectivity index (χ2v) is 4.52. The molecular formula is C10H18N6O2. The molecule has 0 spiro atoms. The van der Waals surface area contributed by atoms with E-state index in [2.05, 4.69) is 15.4 Å². The predicted molar refractivity (Wildman–Crippen MR) is 69.3 cm³/mol. The molecule has 1 aromatic rings. The average molecular weight is 254 g/mol. The molecule has 18 heavy (non-hydrogen) atoms. The Labute approximate surface area is 105 Å². The Balaban J connectivity index is 3.36. The zero-order valence-electron chi connectivity index (χ0n) is 11.0. The van der Waals surface area contributed by atoms with Gasteiger partial charge in [-0.2, -0.15) is 0 Å². The van der Waals surface area contributed by atoms with Crippen molar-refractivity contribution in [2.45, 2.75) is 32.7 Å². The number of hydrazine groups is 1. The molecule has 1 aromatic heterocycles. The van der Waals surface area contributed by atoms with E-state index in [1.165, 1.54) is 6.33 Å². The molecule has 1 heterocycles. The van der Waals surface area contributed by atoms with Crippen LogP contribution in [0.1, 0.15) is 27.2 Å². The first-order valence-electron chi connectivity index (χ1n) is 5.55. The largest absolute Gasteiger partial charge is 0.354 e. The molecule has 0 fully saturated rings. The number of hydrogen-bond acceptors (Lipinski definition) is 7. The van der Waals surface area contributed by atoms with Gasteiger partial charge in [-0.05, 0) is 20.3 Å². The summed E-state index contributed by atoms with van der Waals surface area (Å²) in [6, 6.07) is 0. The lowest BCUT2D eigenvalue weighted by Gasteiger charge is -2.35. The predicted octanol–water partition coefficient (Wildman–Crippen LogP) is 1.30. The van der Waals surface area contributed by atoms with Crippen molar-refractivity contribution in [3.8, 4) is 0 Å². The van der Waals surface area contributed by atoms with Crippen LogP contribution >= 0.6 is 0 Å². The van der Waals surface area contributed by atoms with Crippen molar-refractivity contribution in [1.29, 1.82) is 0 Å². The van der Waals surface area contributed by atoms with Crippen LogP contribution in [0.5, 0.6) is 0 Å². The minimum absolute atomic E-state index is 0.00348. The Morgan fingerprint density at radius 3 is 2.61 bits per heavy atom. The lowest BCUT2D eigenvalue weighted by Crippen LogP contribution is -2.41. The van der Waals surface area contributed by atoms with Crippen LogP contribution in [-0.4, -0.2) is 27.5 Å². The van der Waals surface area contributed by atoms with E-state index in [-0.39, 0.29) is 22.9 Å². The molecule has 0 aliphatic rings. The maximum absolute atomic E-state index is 11.1. The van der Waals surface area contributed by atoms with E-state index < -0.39 is 4.92 Å². The van der Waals surface area contributed by atoms with Crippen molar-refractivity contribution in [3.05, 3.63) is 16.4 Å². The van der Waals surface area contributed by atoms with Crippen molar-refractivity contribution in [2.75, 3.05) is 17.4 Å². The van der Waals surface area contributed by atoms with Gasteiger partial charge in [-0.1, -0.05) is 6.92 Å². The number of nitrogen functional groups attached to an aromatic ring is 1. The van der Waals surface area contributed by atoms with E-state index in [4.69, 9.17) is 5.84 Å². The summed E-state index contributed by atoms with van der Waals surface area (Å²) in [5.41, 5.74) is 1.74. The summed E-state index contributed by atoms with van der Waals surface area (Å²) >= 11 is 0. The van der Waals surface area contributed by atoms with Crippen molar-refractivity contribution in [3.63, 3.8) is 0 Å². The molecule has 0 bridgehead atoms. The molecular weight excluding hydrogens is 236 g/mol. The summed E-state index contributed by atoms with van der Waals surface area (Å²) in [6.45, 7) is 5.97. The third-order valence-corrected chi connectivity index (χ3v) is 3.21. The summed E-state index contributed by atoms with van der Waals surface area (Å²) in [5.74, 6) is 5.48. The maximum atomic E-state index is 11.1. The van der Waals surface area contributed by atoms with Crippen molar-refractivity contribution < 1.29 is 4.92 Å². The van der Waals surface area contributed by atoms with Gasteiger partial charge in [-0.15, -0.1) is 0 Å². The van der Waals surface area contributed by atoms with Gasteiger partial charge in [0.15, 0.2) is 0 Å². The molecule has 0 atom stereocenters. The first-order chi connectivity index (χ1) is 8.35. The maximum Gasteiger partial charge on any atom is 0.354 e. The molecule has 0 aliphatic heterocycles. The Hall–Kier alpha value is -1.96. The Morgan fingerprint density at radius 1 is 1.56 bits per heavy atom. The molecule has 8 heteroatoms. The zero-order valence-corrected chi connectivity index (χ0v) is 11.0. The molecule has 0 aromatic carbocycles. The van der Waals surface area contributed by atoms with E-state index in [0.29, 0.717) is 0 Å². The normalized spacial score (nSPS) is 11.2. The van der Waals surface area contributed by atoms with Crippen LogP contribution in [0.3, 0.4) is 0 Å². The fourth-order valence-electron chi connectivity index (χ4n) is 1.41. The number of nitrogens with zero attached hydrogens (tertiary/aromatic N) is 4. The second-order valence-electron chi connectivity index (χ2n) is 4.52. The zero-order chi connectivity index (χ0) is 13.9. The summed E-state index contributed by atoms with van der Waals surface area (Å²) in [5, 5.41) is 11.1. The SMILES string of the molecule is CCC(C)(C)N(C)c1ncnc(NN)c1[N+](=O)[O-]. The van der Waals surface area contributed by atoms with Gasteiger partial charge in [-0.3, -0.25) is 10.1 Å². The quantitative estimate of drug-likeness (QED) is 0.462. The van der Waals surface area contributed by atoms with Gasteiger partial charge >= 0.3 is 5.69 Å². The highest BCUT2D eigenvalue weighted by atomic mass is 16.6. The van der Waals surface area contributed by atoms with Crippen LogP contribution < -0.4 is 16.2 Å². The number of nitro groups is 1. The Morgan fingerprint density at radius 2 is 2.17 bits per heavy atom. The van der Waals surface area contributed by atoms with Gasteiger partial charge in [-0.25, -0.2) is 15.8 Å². The third-order valence-electron chi connectivity index (χ3n) is 3.21.